The van der Waals surface area contributed by atoms with E-state index in [1.807, 2.05) is 31.2 Å². The Labute approximate surface area is 191 Å². The van der Waals surface area contributed by atoms with Crippen LogP contribution in [-0.2, 0) is 16.0 Å². The van der Waals surface area contributed by atoms with Gasteiger partial charge >= 0.3 is 0 Å². The predicted molar refractivity (Wildman–Crippen MR) is 119 cm³/mol. The number of oxime groups is 1. The first-order chi connectivity index (χ1) is 15.3. The van der Waals surface area contributed by atoms with Crippen molar-refractivity contribution in [1.29, 1.82) is 0 Å². The fourth-order valence-corrected chi connectivity index (χ4v) is 4.01. The monoisotopic (exact) mass is 465 g/mol. The first-order valence-corrected chi connectivity index (χ1v) is 10.5. The highest BCUT2D eigenvalue weighted by atomic mass is 35.5. The van der Waals surface area contributed by atoms with Gasteiger partial charge in [0, 0.05) is 5.02 Å². The molecule has 9 heteroatoms. The highest BCUT2D eigenvalue weighted by Gasteiger charge is 2.53. The molecule has 1 fully saturated rings. The van der Waals surface area contributed by atoms with Gasteiger partial charge < -0.3 is 35.1 Å². The van der Waals surface area contributed by atoms with E-state index < -0.39 is 43.2 Å². The number of benzene rings is 2. The van der Waals surface area contributed by atoms with Gasteiger partial charge in [-0.15, -0.1) is 0 Å². The summed E-state index contributed by atoms with van der Waals surface area (Å²) in [6, 6.07) is 12.8. The van der Waals surface area contributed by atoms with Crippen LogP contribution in [0.2, 0.25) is 5.02 Å². The van der Waals surface area contributed by atoms with Gasteiger partial charge in [-0.3, -0.25) is 0 Å². The summed E-state index contributed by atoms with van der Waals surface area (Å²) in [5.74, 6) is 0. The van der Waals surface area contributed by atoms with Crippen molar-refractivity contribution < 1.29 is 35.1 Å². The summed E-state index contributed by atoms with van der Waals surface area (Å²) in [6.07, 6.45) is -5.32. The molecule has 1 aliphatic rings. The Kier molecular flexibility index (Phi) is 7.89. The molecule has 8 nitrogen and oxygen atoms in total. The number of halogens is 1. The number of ether oxygens (including phenoxy) is 1. The number of hydrogen-bond donors (Lipinski definition) is 5. The van der Waals surface area contributed by atoms with Crippen molar-refractivity contribution in [3.05, 3.63) is 69.7 Å². The molecule has 2 aromatic carbocycles. The lowest BCUT2D eigenvalue weighted by atomic mass is 9.83. The van der Waals surface area contributed by atoms with E-state index in [0.29, 0.717) is 17.0 Å². The molecule has 2 aromatic rings. The van der Waals surface area contributed by atoms with Crippen LogP contribution in [0.1, 0.15) is 35.3 Å². The second-order valence-electron chi connectivity index (χ2n) is 7.93. The predicted octanol–water partition coefficient (Wildman–Crippen LogP) is 1.18. The minimum absolute atomic E-state index is 0.493. The van der Waals surface area contributed by atoms with Gasteiger partial charge in [-0.25, -0.2) is 0 Å². The van der Waals surface area contributed by atoms with Crippen molar-refractivity contribution in [1.82, 2.24) is 0 Å². The maximum atomic E-state index is 10.5. The van der Waals surface area contributed by atoms with Crippen LogP contribution >= 0.6 is 11.6 Å². The quantitative estimate of drug-likeness (QED) is 0.306. The number of hydrogen-bond acceptors (Lipinski definition) is 8. The van der Waals surface area contributed by atoms with Gasteiger partial charge in [0.1, 0.15) is 37.1 Å². The van der Waals surface area contributed by atoms with Crippen LogP contribution in [0.3, 0.4) is 0 Å². The molecule has 174 valence electrons. The Bertz CT molecular complexity index is 946. The Morgan fingerprint density at radius 2 is 1.72 bits per heavy atom. The average Bonchev–Trinajstić information content (AvgIpc) is 2.80. The molecule has 0 bridgehead atoms. The average molecular weight is 466 g/mol. The zero-order chi connectivity index (χ0) is 23.5. The third-order valence-corrected chi connectivity index (χ3v) is 6.18. The van der Waals surface area contributed by atoms with E-state index in [9.17, 15) is 25.5 Å². The molecule has 1 saturated heterocycles. The molecule has 0 radical (unpaired) electrons. The third-order valence-electron chi connectivity index (χ3n) is 5.81. The Balaban J connectivity index is 1.87. The zero-order valence-electron chi connectivity index (χ0n) is 17.8. The minimum atomic E-state index is -1.80. The van der Waals surface area contributed by atoms with Gasteiger partial charge in [-0.1, -0.05) is 53.2 Å². The van der Waals surface area contributed by atoms with E-state index in [0.717, 1.165) is 22.4 Å². The maximum absolute atomic E-state index is 10.5. The summed E-state index contributed by atoms with van der Waals surface area (Å²) in [7, 11) is 1.49. The van der Waals surface area contributed by atoms with E-state index in [4.69, 9.17) is 21.2 Å². The van der Waals surface area contributed by atoms with Gasteiger partial charge in [-0.05, 0) is 41.7 Å². The lowest BCUT2D eigenvalue weighted by Crippen LogP contribution is -2.65. The zero-order valence-corrected chi connectivity index (χ0v) is 18.6. The lowest BCUT2D eigenvalue weighted by molar-refractivity contribution is -0.289. The molecular weight excluding hydrogens is 438 g/mol. The molecule has 5 N–H and O–H groups in total. The van der Waals surface area contributed by atoms with E-state index in [1.165, 1.54) is 7.11 Å². The van der Waals surface area contributed by atoms with Gasteiger partial charge in [0.05, 0.1) is 18.9 Å². The molecule has 1 unspecified atom stereocenters. The Hall–Kier alpha value is -2.04. The van der Waals surface area contributed by atoms with Gasteiger partial charge in [0.2, 0.25) is 0 Å². The number of aliphatic hydroxyl groups is 5. The molecule has 4 atom stereocenters. The number of aliphatic hydroxyl groups excluding tert-OH is 5. The molecule has 0 spiro atoms. The molecular formula is C23H28ClNO7. The van der Waals surface area contributed by atoms with Crippen molar-refractivity contribution >= 4 is 17.3 Å². The number of rotatable bonds is 7. The fraction of sp³-hybridized carbons (Fsp3) is 0.435. The normalized spacial score (nSPS) is 25.6. The van der Waals surface area contributed by atoms with E-state index in [2.05, 4.69) is 5.16 Å². The topological polar surface area (TPSA) is 132 Å². The van der Waals surface area contributed by atoms with Gasteiger partial charge in [0.25, 0.3) is 0 Å². The second-order valence-corrected chi connectivity index (χ2v) is 8.34. The van der Waals surface area contributed by atoms with Crippen LogP contribution in [0.5, 0.6) is 0 Å². The summed E-state index contributed by atoms with van der Waals surface area (Å²) < 4.78 is 5.74. The molecule has 0 aliphatic carbocycles. The van der Waals surface area contributed by atoms with Crippen LogP contribution in [0.25, 0.3) is 0 Å². The molecule has 1 aliphatic heterocycles. The van der Waals surface area contributed by atoms with Crippen LogP contribution in [0, 0.1) is 0 Å². The first kappa shape index (κ1) is 24.6. The van der Waals surface area contributed by atoms with Crippen LogP contribution in [-0.4, -0.2) is 75.5 Å². The summed E-state index contributed by atoms with van der Waals surface area (Å²) in [6.45, 7) is 0.381. The molecule has 1 heterocycles. The highest BCUT2D eigenvalue weighted by molar-refractivity contribution is 6.31. The van der Waals surface area contributed by atoms with Crippen LogP contribution in [0.4, 0.5) is 0 Å². The smallest absolute Gasteiger partial charge is 0.143 e. The molecule has 0 aromatic heterocycles. The van der Waals surface area contributed by atoms with Gasteiger partial charge in [-0.2, -0.15) is 0 Å². The summed E-state index contributed by atoms with van der Waals surface area (Å²) in [4.78, 5) is 4.80. The second kappa shape index (κ2) is 10.3. The number of nitrogens with zero attached hydrogens (tertiary/aromatic N) is 1. The van der Waals surface area contributed by atoms with Crippen molar-refractivity contribution in [2.75, 3.05) is 20.3 Å². The largest absolute Gasteiger partial charge is 0.399 e. The van der Waals surface area contributed by atoms with Crippen molar-refractivity contribution in [3.8, 4) is 0 Å². The fourth-order valence-electron chi connectivity index (χ4n) is 3.83. The van der Waals surface area contributed by atoms with Crippen molar-refractivity contribution in [3.63, 3.8) is 0 Å². The Morgan fingerprint density at radius 1 is 1.06 bits per heavy atom. The lowest BCUT2D eigenvalue weighted by Gasteiger charge is -2.47. The SMILES string of the molecule is CO/N=C(\C)c1ccc(Cc2cc([C@@H]3OC(CO)(CO)[C@@H](O)C(O)[C@H]3O)ccc2Cl)cc1. The van der Waals surface area contributed by atoms with Gasteiger partial charge in [0.15, 0.2) is 0 Å². The minimum Gasteiger partial charge on any atom is -0.399 e. The Morgan fingerprint density at radius 3 is 2.31 bits per heavy atom. The van der Waals surface area contributed by atoms with Crippen molar-refractivity contribution in [2.45, 2.75) is 43.4 Å². The summed E-state index contributed by atoms with van der Waals surface area (Å²) in [5.41, 5.74) is 2.10. The van der Waals surface area contributed by atoms with E-state index in [1.54, 1.807) is 18.2 Å². The molecule has 3 rings (SSSR count). The van der Waals surface area contributed by atoms with Crippen LogP contribution < -0.4 is 0 Å². The van der Waals surface area contributed by atoms with E-state index in [-0.39, 0.29) is 0 Å². The maximum Gasteiger partial charge on any atom is 0.143 e. The third kappa shape index (κ3) is 4.82. The molecule has 0 amide bonds. The summed E-state index contributed by atoms with van der Waals surface area (Å²) in [5, 5.41) is 54.8. The standard InChI is InChI=1S/C23H28ClNO7/c1-13(25-31-2)15-5-3-14(4-6-15)9-17-10-16(7-8-18(17)24)21-19(28)20(29)22(30)23(11-26,12-27)32-21/h3-8,10,19-22,26-30H,9,11-12H2,1-2H3/b25-13+/t19-,20?,21+,22+/m1/s1. The van der Waals surface area contributed by atoms with E-state index >= 15 is 0 Å². The van der Waals surface area contributed by atoms with Crippen LogP contribution in [0.15, 0.2) is 47.6 Å². The van der Waals surface area contributed by atoms with Crippen molar-refractivity contribution in [2.24, 2.45) is 5.16 Å². The highest BCUT2D eigenvalue weighted by Crippen LogP contribution is 2.39. The molecule has 32 heavy (non-hydrogen) atoms. The molecule has 0 saturated carbocycles. The summed E-state index contributed by atoms with van der Waals surface area (Å²) >= 11 is 6.40. The first-order valence-electron chi connectivity index (χ1n) is 10.2.